The summed E-state index contributed by atoms with van der Waals surface area (Å²) in [7, 11) is 1.70. The molecule has 2 fully saturated rings. The Bertz CT molecular complexity index is 573. The molecule has 2 aliphatic heterocycles. The maximum Gasteiger partial charge on any atom is 0.245 e. The van der Waals surface area contributed by atoms with Crippen molar-refractivity contribution in [1.82, 2.24) is 4.90 Å². The van der Waals surface area contributed by atoms with Crippen molar-refractivity contribution < 1.29 is 9.53 Å². The lowest BCUT2D eigenvalue weighted by Gasteiger charge is -2.29. The number of hydrogen-bond donors (Lipinski definition) is 0. The van der Waals surface area contributed by atoms with E-state index in [2.05, 4.69) is 11.0 Å². The SMILES string of the molecule is CO[C@H]1C[C@@H](C(=O)N2CCCC2)N(c2ccc(C#N)cc2)C1. The molecule has 1 aromatic carbocycles. The third-order valence-electron chi connectivity index (χ3n) is 4.63. The van der Waals surface area contributed by atoms with Gasteiger partial charge < -0.3 is 14.5 Å². The van der Waals surface area contributed by atoms with E-state index in [1.165, 1.54) is 0 Å². The molecule has 0 aromatic heterocycles. The van der Waals surface area contributed by atoms with Crippen LogP contribution in [-0.2, 0) is 9.53 Å². The number of methoxy groups -OCH3 is 1. The van der Waals surface area contributed by atoms with Crippen molar-refractivity contribution in [2.75, 3.05) is 31.6 Å². The fourth-order valence-corrected chi connectivity index (χ4v) is 3.36. The summed E-state index contributed by atoms with van der Waals surface area (Å²) in [6.45, 7) is 2.45. The van der Waals surface area contributed by atoms with Crippen molar-refractivity contribution in [2.45, 2.75) is 31.4 Å². The number of benzene rings is 1. The molecule has 1 amide bonds. The molecule has 3 rings (SSSR count). The number of nitrogens with zero attached hydrogens (tertiary/aromatic N) is 3. The molecule has 5 heteroatoms. The quantitative estimate of drug-likeness (QED) is 0.853. The van der Waals surface area contributed by atoms with Crippen LogP contribution in [0.4, 0.5) is 5.69 Å². The second-order valence-corrected chi connectivity index (χ2v) is 5.95. The zero-order chi connectivity index (χ0) is 15.5. The van der Waals surface area contributed by atoms with Crippen molar-refractivity contribution in [1.29, 1.82) is 5.26 Å². The molecule has 116 valence electrons. The summed E-state index contributed by atoms with van der Waals surface area (Å²) in [6.07, 6.45) is 3.00. The maximum atomic E-state index is 12.8. The minimum atomic E-state index is -0.156. The highest BCUT2D eigenvalue weighted by atomic mass is 16.5. The van der Waals surface area contributed by atoms with Gasteiger partial charge in [0, 0.05) is 38.9 Å². The van der Waals surface area contributed by atoms with Crippen molar-refractivity contribution in [3.8, 4) is 6.07 Å². The number of hydrogen-bond acceptors (Lipinski definition) is 4. The van der Waals surface area contributed by atoms with E-state index in [9.17, 15) is 4.79 Å². The number of rotatable bonds is 3. The van der Waals surface area contributed by atoms with Gasteiger partial charge in [-0.3, -0.25) is 4.79 Å². The fourth-order valence-electron chi connectivity index (χ4n) is 3.36. The Morgan fingerprint density at radius 2 is 1.95 bits per heavy atom. The molecule has 0 bridgehead atoms. The molecule has 1 aromatic rings. The van der Waals surface area contributed by atoms with Gasteiger partial charge in [-0.25, -0.2) is 0 Å². The lowest BCUT2D eigenvalue weighted by Crippen LogP contribution is -2.44. The highest BCUT2D eigenvalue weighted by Gasteiger charge is 2.39. The Hall–Kier alpha value is -2.06. The predicted octanol–water partition coefficient (Wildman–Crippen LogP) is 1.77. The monoisotopic (exact) mass is 299 g/mol. The summed E-state index contributed by atoms with van der Waals surface area (Å²) < 4.78 is 5.49. The zero-order valence-electron chi connectivity index (χ0n) is 12.9. The molecule has 0 aliphatic carbocycles. The van der Waals surface area contributed by atoms with Gasteiger partial charge in [0.1, 0.15) is 6.04 Å². The van der Waals surface area contributed by atoms with E-state index >= 15 is 0 Å². The Kier molecular flexibility index (Phi) is 4.30. The molecular weight excluding hydrogens is 278 g/mol. The molecular formula is C17H21N3O2. The van der Waals surface area contributed by atoms with Gasteiger partial charge >= 0.3 is 0 Å². The minimum Gasteiger partial charge on any atom is -0.380 e. The van der Waals surface area contributed by atoms with Crippen LogP contribution in [0, 0.1) is 11.3 Å². The van der Waals surface area contributed by atoms with Gasteiger partial charge in [-0.05, 0) is 37.1 Å². The number of likely N-dealkylation sites (tertiary alicyclic amines) is 1. The van der Waals surface area contributed by atoms with E-state index in [0.29, 0.717) is 12.1 Å². The summed E-state index contributed by atoms with van der Waals surface area (Å²) in [5.41, 5.74) is 1.62. The van der Waals surface area contributed by atoms with Gasteiger partial charge in [-0.1, -0.05) is 0 Å². The van der Waals surface area contributed by atoms with Crippen LogP contribution in [-0.4, -0.2) is 49.7 Å². The van der Waals surface area contributed by atoms with E-state index in [1.54, 1.807) is 19.2 Å². The summed E-state index contributed by atoms with van der Waals surface area (Å²) in [4.78, 5) is 16.9. The van der Waals surface area contributed by atoms with Crippen LogP contribution in [0.25, 0.3) is 0 Å². The molecule has 0 saturated carbocycles. The number of ether oxygens (including phenoxy) is 1. The molecule has 5 nitrogen and oxygen atoms in total. The predicted molar refractivity (Wildman–Crippen MR) is 83.5 cm³/mol. The van der Waals surface area contributed by atoms with Crippen LogP contribution in [0.2, 0.25) is 0 Å². The maximum absolute atomic E-state index is 12.8. The first-order valence-corrected chi connectivity index (χ1v) is 7.81. The summed E-state index contributed by atoms with van der Waals surface area (Å²) in [5, 5.41) is 8.91. The van der Waals surface area contributed by atoms with E-state index in [0.717, 1.165) is 38.0 Å². The molecule has 0 unspecified atom stereocenters. The van der Waals surface area contributed by atoms with Crippen LogP contribution in [0.5, 0.6) is 0 Å². The van der Waals surface area contributed by atoms with E-state index < -0.39 is 0 Å². The number of nitriles is 1. The smallest absolute Gasteiger partial charge is 0.245 e. The van der Waals surface area contributed by atoms with Crippen molar-refractivity contribution in [3.05, 3.63) is 29.8 Å². The first-order valence-electron chi connectivity index (χ1n) is 7.81. The lowest BCUT2D eigenvalue weighted by atomic mass is 10.1. The first-order chi connectivity index (χ1) is 10.7. The van der Waals surface area contributed by atoms with Crippen LogP contribution in [0.3, 0.4) is 0 Å². The highest BCUT2D eigenvalue weighted by Crippen LogP contribution is 2.29. The third-order valence-corrected chi connectivity index (χ3v) is 4.63. The Labute approximate surface area is 131 Å². The van der Waals surface area contributed by atoms with Crippen LogP contribution in [0.1, 0.15) is 24.8 Å². The summed E-state index contributed by atoms with van der Waals surface area (Å²) in [6, 6.07) is 9.40. The lowest BCUT2D eigenvalue weighted by molar-refractivity contribution is -0.131. The number of carbonyl (C=O) groups excluding carboxylic acids is 1. The standard InChI is InChI=1S/C17H21N3O2/c1-22-15-10-16(17(21)19-8-2-3-9-19)20(12-15)14-6-4-13(11-18)5-7-14/h4-7,15-16H,2-3,8-10,12H2,1H3/t15-,16-/m0/s1. The first kappa shape index (κ1) is 14.9. The topological polar surface area (TPSA) is 56.6 Å². The molecule has 0 radical (unpaired) electrons. The zero-order valence-corrected chi connectivity index (χ0v) is 12.9. The van der Waals surface area contributed by atoms with Gasteiger partial charge in [-0.2, -0.15) is 5.26 Å². The second-order valence-electron chi connectivity index (χ2n) is 5.95. The van der Waals surface area contributed by atoms with E-state index in [-0.39, 0.29) is 18.1 Å². The van der Waals surface area contributed by atoms with E-state index in [4.69, 9.17) is 10.00 Å². The van der Waals surface area contributed by atoms with Crippen molar-refractivity contribution in [3.63, 3.8) is 0 Å². The van der Waals surface area contributed by atoms with Gasteiger partial charge in [0.05, 0.1) is 17.7 Å². The van der Waals surface area contributed by atoms with Gasteiger partial charge in [0.15, 0.2) is 0 Å². The average Bonchev–Trinajstić information content (AvgIpc) is 3.23. The van der Waals surface area contributed by atoms with Crippen molar-refractivity contribution >= 4 is 11.6 Å². The number of carbonyl (C=O) groups is 1. The summed E-state index contributed by atoms with van der Waals surface area (Å²) >= 11 is 0. The molecule has 0 N–H and O–H groups in total. The molecule has 22 heavy (non-hydrogen) atoms. The van der Waals surface area contributed by atoms with Gasteiger partial charge in [-0.15, -0.1) is 0 Å². The molecule has 2 saturated heterocycles. The molecule has 2 atom stereocenters. The average molecular weight is 299 g/mol. The van der Waals surface area contributed by atoms with Crippen LogP contribution >= 0.6 is 0 Å². The van der Waals surface area contributed by atoms with Crippen molar-refractivity contribution in [2.24, 2.45) is 0 Å². The van der Waals surface area contributed by atoms with Crippen LogP contribution in [0.15, 0.2) is 24.3 Å². The third kappa shape index (κ3) is 2.79. The second kappa shape index (κ2) is 6.37. The van der Waals surface area contributed by atoms with E-state index in [1.807, 2.05) is 17.0 Å². The van der Waals surface area contributed by atoms with Gasteiger partial charge in [0.2, 0.25) is 5.91 Å². The largest absolute Gasteiger partial charge is 0.380 e. The normalized spacial score (nSPS) is 24.5. The highest BCUT2D eigenvalue weighted by molar-refractivity contribution is 5.86. The number of anilines is 1. The number of amides is 1. The Morgan fingerprint density at radius 3 is 2.55 bits per heavy atom. The summed E-state index contributed by atoms with van der Waals surface area (Å²) in [5.74, 6) is 0.210. The molecule has 2 aliphatic rings. The molecule has 0 spiro atoms. The Morgan fingerprint density at radius 1 is 1.27 bits per heavy atom. The van der Waals surface area contributed by atoms with Gasteiger partial charge in [0.25, 0.3) is 0 Å². The fraction of sp³-hybridized carbons (Fsp3) is 0.529. The Balaban J connectivity index is 1.82. The molecule has 2 heterocycles. The van der Waals surface area contributed by atoms with Crippen LogP contribution < -0.4 is 4.90 Å². The minimum absolute atomic E-state index is 0.0761.